The van der Waals surface area contributed by atoms with Crippen molar-refractivity contribution in [2.45, 2.75) is 25.8 Å². The van der Waals surface area contributed by atoms with Crippen LogP contribution in [-0.4, -0.2) is 80.3 Å². The Bertz CT molecular complexity index is 1820. The highest BCUT2D eigenvalue weighted by Crippen LogP contribution is 2.34. The zero-order valence-corrected chi connectivity index (χ0v) is 24.7. The number of likely N-dealkylation sites (tertiary alicyclic amines) is 1. The molecule has 2 aromatic carbocycles. The summed E-state index contributed by atoms with van der Waals surface area (Å²) in [4.78, 5) is 28.5. The highest BCUT2D eigenvalue weighted by atomic mass is 16.5. The Morgan fingerprint density at radius 2 is 2.00 bits per heavy atom. The lowest BCUT2D eigenvalue weighted by molar-refractivity contribution is -0.112. The summed E-state index contributed by atoms with van der Waals surface area (Å²) in [6.07, 6.45) is 10.4. The number of ether oxygens (including phenoxy) is 3. The predicted molar refractivity (Wildman–Crippen MR) is 166 cm³/mol. The first-order chi connectivity index (χ1) is 21.5. The number of aromatic nitrogens is 6. The molecule has 1 aliphatic heterocycles. The molecule has 13 heteroatoms. The zero-order chi connectivity index (χ0) is 30.5. The molecule has 5 aromatic rings. The molecule has 1 aliphatic rings. The van der Waals surface area contributed by atoms with Gasteiger partial charge in [0.15, 0.2) is 5.65 Å². The number of amides is 1. The topological polar surface area (TPSA) is 141 Å². The fourth-order valence-electron chi connectivity index (χ4n) is 5.05. The summed E-state index contributed by atoms with van der Waals surface area (Å²) in [5.74, 6) is 1.90. The molecular weight excluding hydrogens is 562 g/mol. The number of nitrogens with one attached hydrogen (secondary N) is 2. The van der Waals surface area contributed by atoms with Crippen molar-refractivity contribution in [2.24, 2.45) is 0 Å². The Hall–Kier alpha value is -5.14. The average Bonchev–Trinajstić information content (AvgIpc) is 3.66. The number of anilines is 3. The second kappa shape index (κ2) is 13.0. The molecule has 0 saturated carbocycles. The van der Waals surface area contributed by atoms with Crippen molar-refractivity contribution in [3.05, 3.63) is 73.1 Å². The molecular formula is C31H33N9O4. The van der Waals surface area contributed by atoms with Crippen molar-refractivity contribution in [3.63, 3.8) is 0 Å². The molecule has 2 N–H and O–H groups in total. The Morgan fingerprint density at radius 1 is 1.09 bits per heavy atom. The van der Waals surface area contributed by atoms with Gasteiger partial charge in [0.2, 0.25) is 11.8 Å². The van der Waals surface area contributed by atoms with Gasteiger partial charge in [0, 0.05) is 42.4 Å². The molecule has 3 aromatic heterocycles. The smallest absolute Gasteiger partial charge is 0.248 e. The third-order valence-electron chi connectivity index (χ3n) is 7.40. The summed E-state index contributed by atoms with van der Waals surface area (Å²) >= 11 is 0. The van der Waals surface area contributed by atoms with E-state index >= 15 is 0 Å². The minimum atomic E-state index is -0.239. The summed E-state index contributed by atoms with van der Waals surface area (Å²) in [5.41, 5.74) is 3.49. The number of carbonyl (C=O) groups excluding carboxylic acids is 1. The summed E-state index contributed by atoms with van der Waals surface area (Å²) in [5, 5.41) is 15.0. The van der Waals surface area contributed by atoms with E-state index in [1.165, 1.54) is 6.33 Å². The number of carbonyl (C=O) groups is 1. The van der Waals surface area contributed by atoms with E-state index in [2.05, 4.69) is 47.7 Å². The second-order valence-corrected chi connectivity index (χ2v) is 10.5. The van der Waals surface area contributed by atoms with Crippen LogP contribution in [0.3, 0.4) is 0 Å². The van der Waals surface area contributed by atoms with Crippen LogP contribution in [0.2, 0.25) is 0 Å². The van der Waals surface area contributed by atoms with Crippen LogP contribution in [0.5, 0.6) is 17.4 Å². The molecule has 44 heavy (non-hydrogen) atoms. The van der Waals surface area contributed by atoms with Crippen LogP contribution in [-0.2, 0) is 9.53 Å². The maximum absolute atomic E-state index is 13.0. The molecule has 226 valence electrons. The molecule has 0 radical (unpaired) electrons. The monoisotopic (exact) mass is 595 g/mol. The van der Waals surface area contributed by atoms with Crippen molar-refractivity contribution >= 4 is 39.6 Å². The zero-order valence-electron chi connectivity index (χ0n) is 24.7. The Balaban J connectivity index is 1.24. The molecule has 0 aliphatic carbocycles. The second-order valence-electron chi connectivity index (χ2n) is 10.5. The molecule has 1 unspecified atom stereocenters. The molecule has 1 amide bonds. The molecule has 0 spiro atoms. The van der Waals surface area contributed by atoms with Gasteiger partial charge >= 0.3 is 0 Å². The lowest BCUT2D eigenvalue weighted by Crippen LogP contribution is -2.23. The number of hydrogen-bond donors (Lipinski definition) is 2. The van der Waals surface area contributed by atoms with E-state index in [1.54, 1.807) is 42.4 Å². The summed E-state index contributed by atoms with van der Waals surface area (Å²) in [6.45, 7) is 3.70. The molecule has 1 atom stereocenters. The van der Waals surface area contributed by atoms with Gasteiger partial charge in [0.25, 0.3) is 0 Å². The van der Waals surface area contributed by atoms with Gasteiger partial charge < -0.3 is 24.8 Å². The highest BCUT2D eigenvalue weighted by Gasteiger charge is 2.19. The van der Waals surface area contributed by atoms with E-state index < -0.39 is 0 Å². The first-order valence-corrected chi connectivity index (χ1v) is 14.3. The first-order valence-electron chi connectivity index (χ1n) is 14.3. The predicted octanol–water partition coefficient (Wildman–Crippen LogP) is 4.53. The standard InChI is InChI=1S/C31H33N9O4/c1-20-13-21(6-8-26(20)44-30-16-28-38-35-19-40(28)18-34-30)36-31-23-14-25(37-29(41)9-7-22-5-4-10-39(22)2)27(43-12-11-42-3)15-24(23)32-17-33-31/h6-9,13-19,22H,4-5,10-12H2,1-3H3,(H,37,41)(H,32,33,36). The molecule has 4 heterocycles. The lowest BCUT2D eigenvalue weighted by Gasteiger charge is -2.16. The van der Waals surface area contributed by atoms with Gasteiger partial charge in [-0.1, -0.05) is 6.08 Å². The van der Waals surface area contributed by atoms with E-state index in [0.717, 1.165) is 30.6 Å². The van der Waals surface area contributed by atoms with Gasteiger partial charge in [0.05, 0.1) is 17.8 Å². The highest BCUT2D eigenvalue weighted by molar-refractivity contribution is 6.03. The van der Waals surface area contributed by atoms with Crippen molar-refractivity contribution < 1.29 is 19.0 Å². The van der Waals surface area contributed by atoms with E-state index in [4.69, 9.17) is 14.2 Å². The summed E-state index contributed by atoms with van der Waals surface area (Å²) in [6, 6.07) is 11.3. The fourth-order valence-corrected chi connectivity index (χ4v) is 5.05. The number of methoxy groups -OCH3 is 1. The van der Waals surface area contributed by atoms with Gasteiger partial charge in [0.1, 0.15) is 42.9 Å². The fraction of sp³-hybridized carbons (Fsp3) is 0.290. The van der Waals surface area contributed by atoms with Crippen LogP contribution >= 0.6 is 0 Å². The maximum Gasteiger partial charge on any atom is 0.248 e. The van der Waals surface area contributed by atoms with Crippen LogP contribution in [0.4, 0.5) is 17.2 Å². The summed E-state index contributed by atoms with van der Waals surface area (Å²) < 4.78 is 18.8. The van der Waals surface area contributed by atoms with E-state index in [0.29, 0.717) is 58.6 Å². The number of benzene rings is 2. The maximum atomic E-state index is 13.0. The first kappa shape index (κ1) is 29.0. The third-order valence-corrected chi connectivity index (χ3v) is 7.40. The molecule has 0 bridgehead atoms. The number of nitrogens with zero attached hydrogens (tertiary/aromatic N) is 7. The van der Waals surface area contributed by atoms with Crippen molar-refractivity contribution in [2.75, 3.05) is 44.5 Å². The number of hydrogen-bond acceptors (Lipinski definition) is 11. The van der Waals surface area contributed by atoms with Crippen molar-refractivity contribution in [3.8, 4) is 17.4 Å². The third kappa shape index (κ3) is 6.58. The van der Waals surface area contributed by atoms with Gasteiger partial charge in [-0.05, 0) is 63.2 Å². The Morgan fingerprint density at radius 3 is 2.82 bits per heavy atom. The molecule has 1 fully saturated rings. The SMILES string of the molecule is COCCOc1cc2ncnc(Nc3ccc(Oc4cc5nncn5cn4)c(C)c3)c2cc1NC(=O)C=CC1CCCN1C. The number of likely N-dealkylation sites (N-methyl/N-ethyl adjacent to an activating group) is 1. The molecule has 6 rings (SSSR count). The quantitative estimate of drug-likeness (QED) is 0.164. The molecule has 1 saturated heterocycles. The summed E-state index contributed by atoms with van der Waals surface area (Å²) in [7, 11) is 3.68. The van der Waals surface area contributed by atoms with Gasteiger partial charge in [-0.15, -0.1) is 10.2 Å². The number of rotatable bonds is 11. The van der Waals surface area contributed by atoms with Gasteiger partial charge in [-0.2, -0.15) is 0 Å². The van der Waals surface area contributed by atoms with E-state index in [-0.39, 0.29) is 11.9 Å². The van der Waals surface area contributed by atoms with Crippen LogP contribution in [0.1, 0.15) is 18.4 Å². The van der Waals surface area contributed by atoms with Crippen molar-refractivity contribution in [1.29, 1.82) is 0 Å². The van der Waals surface area contributed by atoms with Crippen LogP contribution in [0.25, 0.3) is 16.6 Å². The molecule has 13 nitrogen and oxygen atoms in total. The van der Waals surface area contributed by atoms with Crippen LogP contribution < -0.4 is 20.1 Å². The number of aryl methyl sites for hydroxylation is 1. The Kier molecular flexibility index (Phi) is 8.57. The van der Waals surface area contributed by atoms with E-state index in [1.807, 2.05) is 37.3 Å². The van der Waals surface area contributed by atoms with Crippen LogP contribution in [0, 0.1) is 6.92 Å². The average molecular weight is 596 g/mol. The van der Waals surface area contributed by atoms with E-state index in [9.17, 15) is 4.79 Å². The number of fused-ring (bicyclic) bond motifs is 2. The minimum absolute atomic E-state index is 0.239. The van der Waals surface area contributed by atoms with Crippen LogP contribution in [0.15, 0.2) is 67.5 Å². The van der Waals surface area contributed by atoms with Gasteiger partial charge in [-0.3, -0.25) is 14.1 Å². The largest absolute Gasteiger partial charge is 0.489 e. The lowest BCUT2D eigenvalue weighted by atomic mass is 10.1. The van der Waals surface area contributed by atoms with Gasteiger partial charge in [-0.25, -0.2) is 15.0 Å². The van der Waals surface area contributed by atoms with Crippen molar-refractivity contribution in [1.82, 2.24) is 34.4 Å². The minimum Gasteiger partial charge on any atom is -0.489 e. The normalized spacial score (nSPS) is 15.3. The Labute approximate surface area is 253 Å².